The number of pyridine rings is 1. The summed E-state index contributed by atoms with van der Waals surface area (Å²) in [5.41, 5.74) is 0.760. The minimum atomic E-state index is -1.07. The minimum absolute atomic E-state index is 0.0202. The monoisotopic (exact) mass is 233 g/mol. The molecule has 0 aromatic carbocycles. The molecule has 0 unspecified atom stereocenters. The lowest BCUT2D eigenvalue weighted by Crippen LogP contribution is -2.03. The molecule has 0 saturated carbocycles. The summed E-state index contributed by atoms with van der Waals surface area (Å²) in [5.74, 6) is -0.642. The van der Waals surface area contributed by atoms with Crippen LogP contribution >= 0.6 is 12.2 Å². The molecule has 16 heavy (non-hydrogen) atoms. The van der Waals surface area contributed by atoms with Gasteiger partial charge in [-0.05, 0) is 12.1 Å². The summed E-state index contributed by atoms with van der Waals surface area (Å²) < 4.78 is 0.239. The van der Waals surface area contributed by atoms with Gasteiger partial charge in [-0.25, -0.2) is 9.78 Å². The highest BCUT2D eigenvalue weighted by molar-refractivity contribution is 7.71. The number of nitrogens with zero attached hydrogens (tertiary/aromatic N) is 2. The molecule has 5 nitrogen and oxygen atoms in total. The van der Waals surface area contributed by atoms with E-state index in [2.05, 4.69) is 15.0 Å². The molecule has 0 aliphatic heterocycles. The van der Waals surface area contributed by atoms with Gasteiger partial charge < -0.3 is 10.1 Å². The van der Waals surface area contributed by atoms with Crippen LogP contribution < -0.4 is 0 Å². The van der Waals surface area contributed by atoms with Gasteiger partial charge in [-0.2, -0.15) is 0 Å². The molecule has 2 rings (SSSR count). The van der Waals surface area contributed by atoms with Crippen LogP contribution in [0.15, 0.2) is 30.6 Å². The Morgan fingerprint density at radius 3 is 2.69 bits per heavy atom. The maximum atomic E-state index is 10.8. The average Bonchev–Trinajstić information content (AvgIpc) is 2.29. The van der Waals surface area contributed by atoms with Gasteiger partial charge in [-0.3, -0.25) is 4.98 Å². The average molecular weight is 233 g/mol. The fourth-order valence-corrected chi connectivity index (χ4v) is 1.43. The molecule has 2 aromatic heterocycles. The van der Waals surface area contributed by atoms with Gasteiger partial charge in [-0.1, -0.05) is 12.2 Å². The first-order chi connectivity index (χ1) is 7.66. The van der Waals surface area contributed by atoms with E-state index < -0.39 is 5.97 Å². The summed E-state index contributed by atoms with van der Waals surface area (Å²) in [6.07, 6.45) is 3.20. The van der Waals surface area contributed by atoms with Crippen LogP contribution in [-0.2, 0) is 0 Å². The van der Waals surface area contributed by atoms with Crippen molar-refractivity contribution in [2.24, 2.45) is 0 Å². The Kier molecular flexibility index (Phi) is 2.74. The van der Waals surface area contributed by atoms with Crippen molar-refractivity contribution in [3.8, 4) is 11.4 Å². The molecule has 2 heterocycles. The molecule has 0 aliphatic carbocycles. The van der Waals surface area contributed by atoms with E-state index in [-0.39, 0.29) is 10.3 Å². The molecule has 80 valence electrons. The first kappa shape index (κ1) is 10.4. The van der Waals surface area contributed by atoms with Gasteiger partial charge >= 0.3 is 5.97 Å². The zero-order valence-corrected chi connectivity index (χ0v) is 8.86. The van der Waals surface area contributed by atoms with E-state index in [0.29, 0.717) is 5.82 Å². The third-order valence-corrected chi connectivity index (χ3v) is 2.14. The molecular formula is C10H7N3O2S. The number of rotatable bonds is 2. The van der Waals surface area contributed by atoms with E-state index in [0.717, 1.165) is 5.56 Å². The maximum Gasteiger partial charge on any atom is 0.352 e. The third-order valence-electron chi connectivity index (χ3n) is 1.93. The lowest BCUT2D eigenvalue weighted by molar-refractivity contribution is 0.0690. The fourth-order valence-electron chi connectivity index (χ4n) is 1.22. The third kappa shape index (κ3) is 2.12. The van der Waals surface area contributed by atoms with Crippen LogP contribution in [0.1, 0.15) is 10.5 Å². The number of hydrogen-bond acceptors (Lipinski definition) is 4. The van der Waals surface area contributed by atoms with Gasteiger partial charge in [0, 0.05) is 24.0 Å². The highest BCUT2D eigenvalue weighted by Crippen LogP contribution is 2.13. The zero-order chi connectivity index (χ0) is 11.5. The summed E-state index contributed by atoms with van der Waals surface area (Å²) >= 11 is 4.90. The fraction of sp³-hybridized carbons (Fsp3) is 0. The molecule has 0 fully saturated rings. The van der Waals surface area contributed by atoms with Gasteiger partial charge in [0.05, 0.1) is 0 Å². The molecular weight excluding hydrogens is 226 g/mol. The second kappa shape index (κ2) is 4.19. The van der Waals surface area contributed by atoms with Gasteiger partial charge in [-0.15, -0.1) is 0 Å². The largest absolute Gasteiger partial charge is 0.477 e. The summed E-state index contributed by atoms with van der Waals surface area (Å²) in [4.78, 5) is 21.4. The van der Waals surface area contributed by atoms with Crippen LogP contribution in [0.25, 0.3) is 11.4 Å². The van der Waals surface area contributed by atoms with Crippen molar-refractivity contribution >= 4 is 18.2 Å². The summed E-state index contributed by atoms with van der Waals surface area (Å²) in [6.45, 7) is 0. The molecule has 0 aliphatic rings. The molecule has 0 saturated heterocycles. The molecule has 2 N–H and O–H groups in total. The van der Waals surface area contributed by atoms with Crippen molar-refractivity contribution < 1.29 is 9.90 Å². The van der Waals surface area contributed by atoms with E-state index in [9.17, 15) is 4.79 Å². The van der Waals surface area contributed by atoms with Crippen molar-refractivity contribution in [3.05, 3.63) is 40.9 Å². The number of hydrogen-bond donors (Lipinski definition) is 2. The number of aromatic amines is 1. The molecule has 0 radical (unpaired) electrons. The SMILES string of the molecule is O=C(O)c1cc(=S)nc(-c2ccncc2)[nH]1. The molecule has 0 bridgehead atoms. The Morgan fingerprint density at radius 1 is 1.38 bits per heavy atom. The van der Waals surface area contributed by atoms with Gasteiger partial charge in [0.1, 0.15) is 16.2 Å². The van der Waals surface area contributed by atoms with Crippen molar-refractivity contribution in [1.29, 1.82) is 0 Å². The number of carboxylic acids is 1. The maximum absolute atomic E-state index is 10.8. The van der Waals surface area contributed by atoms with E-state index in [1.807, 2.05) is 0 Å². The zero-order valence-electron chi connectivity index (χ0n) is 8.04. The van der Waals surface area contributed by atoms with Gasteiger partial charge in [0.2, 0.25) is 0 Å². The van der Waals surface area contributed by atoms with E-state index in [4.69, 9.17) is 17.3 Å². The Labute approximate surface area is 95.8 Å². The van der Waals surface area contributed by atoms with Crippen LogP contribution in [0.5, 0.6) is 0 Å². The Balaban J connectivity index is 2.58. The number of nitrogens with one attached hydrogen (secondary N) is 1. The first-order valence-corrected chi connectivity index (χ1v) is 4.83. The van der Waals surface area contributed by atoms with Crippen molar-refractivity contribution in [1.82, 2.24) is 15.0 Å². The molecule has 2 aromatic rings. The summed E-state index contributed by atoms with van der Waals surface area (Å²) in [7, 11) is 0. The standard InChI is InChI=1S/C10H7N3O2S/c14-10(15)7-5-8(16)13-9(12-7)6-1-3-11-4-2-6/h1-5H,(H,14,15)(H,12,13,16). The number of aromatic nitrogens is 3. The van der Waals surface area contributed by atoms with Crippen molar-refractivity contribution in [2.75, 3.05) is 0 Å². The lowest BCUT2D eigenvalue weighted by Gasteiger charge is -2.02. The predicted molar refractivity (Wildman–Crippen MR) is 59.6 cm³/mol. The van der Waals surface area contributed by atoms with Crippen LogP contribution in [-0.4, -0.2) is 26.0 Å². The predicted octanol–water partition coefficient (Wildman–Crippen LogP) is 1.90. The van der Waals surface area contributed by atoms with E-state index >= 15 is 0 Å². The number of carbonyl (C=O) groups is 1. The number of aromatic carboxylic acids is 1. The van der Waals surface area contributed by atoms with Gasteiger partial charge in [0.25, 0.3) is 0 Å². The summed E-state index contributed by atoms with van der Waals surface area (Å²) in [5, 5.41) is 8.86. The van der Waals surface area contributed by atoms with E-state index in [1.54, 1.807) is 24.5 Å². The number of H-pyrrole nitrogens is 1. The van der Waals surface area contributed by atoms with Crippen molar-refractivity contribution in [3.63, 3.8) is 0 Å². The normalized spacial score (nSPS) is 10.0. The van der Waals surface area contributed by atoms with Gasteiger partial charge in [0.15, 0.2) is 0 Å². The van der Waals surface area contributed by atoms with Crippen LogP contribution in [0.2, 0.25) is 0 Å². The second-order valence-electron chi connectivity index (χ2n) is 3.02. The Morgan fingerprint density at radius 2 is 2.06 bits per heavy atom. The lowest BCUT2D eigenvalue weighted by atomic mass is 10.2. The first-order valence-electron chi connectivity index (χ1n) is 4.42. The molecule has 0 amide bonds. The summed E-state index contributed by atoms with van der Waals surface area (Å²) in [6, 6.07) is 4.75. The minimum Gasteiger partial charge on any atom is -0.477 e. The van der Waals surface area contributed by atoms with Crippen LogP contribution in [0.4, 0.5) is 0 Å². The quantitative estimate of drug-likeness (QED) is 0.774. The van der Waals surface area contributed by atoms with Crippen molar-refractivity contribution in [2.45, 2.75) is 0 Å². The topological polar surface area (TPSA) is 78.9 Å². The molecule has 0 spiro atoms. The Hall–Kier alpha value is -2.08. The molecule has 6 heteroatoms. The second-order valence-corrected chi connectivity index (χ2v) is 3.44. The van der Waals surface area contributed by atoms with Crippen LogP contribution in [0, 0.1) is 4.64 Å². The smallest absolute Gasteiger partial charge is 0.352 e. The Bertz CT molecular complexity index is 580. The number of carboxylic acid groups (broad SMARTS) is 1. The highest BCUT2D eigenvalue weighted by Gasteiger charge is 2.06. The highest BCUT2D eigenvalue weighted by atomic mass is 32.1. The molecule has 0 atom stereocenters. The van der Waals surface area contributed by atoms with E-state index in [1.165, 1.54) is 6.07 Å². The van der Waals surface area contributed by atoms with Crippen LogP contribution in [0.3, 0.4) is 0 Å².